The zero-order valence-electron chi connectivity index (χ0n) is 10.1. The number of aromatic nitrogens is 3. The van der Waals surface area contributed by atoms with Gasteiger partial charge in [-0.25, -0.2) is 0 Å². The predicted molar refractivity (Wildman–Crippen MR) is 77.3 cm³/mol. The zero-order chi connectivity index (χ0) is 12.7. The number of hydrogen-bond acceptors (Lipinski definition) is 2. The fraction of sp³-hybridized carbons (Fsp3) is 0.385. The molecule has 94 valence electrons. The first-order valence-corrected chi connectivity index (χ1v) is 7.29. The maximum Gasteiger partial charge on any atom is 0.195 e. The predicted octanol–water partition coefficient (Wildman–Crippen LogP) is 4.19. The van der Waals surface area contributed by atoms with Crippen LogP contribution in [0.3, 0.4) is 0 Å². The van der Waals surface area contributed by atoms with Gasteiger partial charge >= 0.3 is 0 Å². The second-order valence-corrected chi connectivity index (χ2v) is 6.06. The molecule has 1 aromatic carbocycles. The summed E-state index contributed by atoms with van der Waals surface area (Å²) in [6, 6.07) is 8.56. The Balaban J connectivity index is 2.04. The lowest BCUT2D eigenvalue weighted by molar-refractivity contribution is 0.595. The standard InChI is InChI=1S/C13H14BrN3S/c1-8(10-3-2-4-11(14)7-10)17-12(9-5-6-9)15-16-13(17)18/h2-4,7-9H,5-6H2,1H3,(H,16,18). The summed E-state index contributed by atoms with van der Waals surface area (Å²) < 4.78 is 3.95. The van der Waals surface area contributed by atoms with Crippen LogP contribution in [0.1, 0.15) is 43.1 Å². The van der Waals surface area contributed by atoms with Gasteiger partial charge < -0.3 is 0 Å². The van der Waals surface area contributed by atoms with Gasteiger partial charge in [0.1, 0.15) is 5.82 Å². The number of rotatable bonds is 3. The highest BCUT2D eigenvalue weighted by atomic mass is 79.9. The van der Waals surface area contributed by atoms with Crippen molar-refractivity contribution < 1.29 is 0 Å². The second kappa shape index (κ2) is 4.63. The summed E-state index contributed by atoms with van der Waals surface area (Å²) in [6.45, 7) is 2.17. The van der Waals surface area contributed by atoms with E-state index in [0.717, 1.165) is 10.3 Å². The fourth-order valence-corrected chi connectivity index (χ4v) is 2.95. The molecule has 1 saturated carbocycles. The summed E-state index contributed by atoms with van der Waals surface area (Å²) in [5.41, 5.74) is 1.24. The minimum absolute atomic E-state index is 0.212. The van der Waals surface area contributed by atoms with Gasteiger partial charge in [0.25, 0.3) is 0 Å². The summed E-state index contributed by atoms with van der Waals surface area (Å²) in [7, 11) is 0. The van der Waals surface area contributed by atoms with Crippen LogP contribution in [0.25, 0.3) is 0 Å². The summed E-state index contributed by atoms with van der Waals surface area (Å²) >= 11 is 8.88. The van der Waals surface area contributed by atoms with E-state index in [9.17, 15) is 0 Å². The van der Waals surface area contributed by atoms with Crippen LogP contribution >= 0.6 is 28.1 Å². The molecule has 1 unspecified atom stereocenters. The molecule has 0 spiro atoms. The molecule has 0 aliphatic heterocycles. The number of benzene rings is 1. The van der Waals surface area contributed by atoms with E-state index in [4.69, 9.17) is 12.2 Å². The van der Waals surface area contributed by atoms with E-state index in [-0.39, 0.29) is 6.04 Å². The van der Waals surface area contributed by atoms with Gasteiger partial charge in [-0.15, -0.1) is 0 Å². The van der Waals surface area contributed by atoms with Crippen molar-refractivity contribution in [2.75, 3.05) is 0 Å². The lowest BCUT2D eigenvalue weighted by Gasteiger charge is -2.16. The highest BCUT2D eigenvalue weighted by Gasteiger charge is 2.30. The zero-order valence-corrected chi connectivity index (χ0v) is 12.5. The number of nitrogens with one attached hydrogen (secondary N) is 1. The van der Waals surface area contributed by atoms with Gasteiger partial charge in [-0.1, -0.05) is 28.1 Å². The van der Waals surface area contributed by atoms with E-state index in [2.05, 4.69) is 55.8 Å². The van der Waals surface area contributed by atoms with Crippen molar-refractivity contribution in [1.82, 2.24) is 14.8 Å². The van der Waals surface area contributed by atoms with Crippen molar-refractivity contribution in [3.63, 3.8) is 0 Å². The van der Waals surface area contributed by atoms with Crippen LogP contribution in [0, 0.1) is 4.77 Å². The molecule has 1 aliphatic carbocycles. The molecule has 1 aliphatic rings. The van der Waals surface area contributed by atoms with Crippen LogP contribution in [0.5, 0.6) is 0 Å². The van der Waals surface area contributed by atoms with Crippen molar-refractivity contribution in [2.24, 2.45) is 0 Å². The molecular formula is C13H14BrN3S. The minimum atomic E-state index is 0.212. The first kappa shape index (κ1) is 12.1. The normalized spacial score (nSPS) is 16.8. The third kappa shape index (κ3) is 2.17. The van der Waals surface area contributed by atoms with Gasteiger partial charge in [0.15, 0.2) is 4.77 Å². The van der Waals surface area contributed by atoms with Gasteiger partial charge in [-0.05, 0) is 49.7 Å². The lowest BCUT2D eigenvalue weighted by Crippen LogP contribution is -2.10. The van der Waals surface area contributed by atoms with E-state index in [1.165, 1.54) is 18.4 Å². The Morgan fingerprint density at radius 3 is 2.94 bits per heavy atom. The molecule has 1 atom stereocenters. The quantitative estimate of drug-likeness (QED) is 0.859. The number of hydrogen-bond donors (Lipinski definition) is 1. The summed E-state index contributed by atoms with van der Waals surface area (Å²) in [4.78, 5) is 0. The number of aromatic amines is 1. The van der Waals surface area contributed by atoms with Crippen LogP contribution in [-0.4, -0.2) is 14.8 Å². The Labute approximate surface area is 119 Å². The smallest absolute Gasteiger partial charge is 0.195 e. The lowest BCUT2D eigenvalue weighted by atomic mass is 10.1. The number of H-pyrrole nitrogens is 1. The maximum atomic E-state index is 5.36. The van der Waals surface area contributed by atoms with Gasteiger partial charge in [0.05, 0.1) is 6.04 Å². The molecule has 1 N–H and O–H groups in total. The average Bonchev–Trinajstić information content (AvgIpc) is 3.12. The minimum Gasteiger partial charge on any atom is -0.297 e. The molecule has 18 heavy (non-hydrogen) atoms. The Kier molecular flexibility index (Phi) is 3.11. The molecule has 0 radical (unpaired) electrons. The third-order valence-electron chi connectivity index (χ3n) is 3.39. The van der Waals surface area contributed by atoms with Crippen LogP contribution in [0.2, 0.25) is 0 Å². The third-order valence-corrected chi connectivity index (χ3v) is 4.17. The van der Waals surface area contributed by atoms with Gasteiger partial charge in [-0.3, -0.25) is 9.67 Å². The summed E-state index contributed by atoms with van der Waals surface area (Å²) in [6.07, 6.45) is 2.45. The van der Waals surface area contributed by atoms with E-state index in [1.54, 1.807) is 0 Å². The van der Waals surface area contributed by atoms with E-state index >= 15 is 0 Å². The van der Waals surface area contributed by atoms with E-state index in [0.29, 0.717) is 10.7 Å². The largest absolute Gasteiger partial charge is 0.297 e. The molecule has 3 rings (SSSR count). The van der Waals surface area contributed by atoms with Crippen molar-refractivity contribution in [2.45, 2.75) is 31.7 Å². The Morgan fingerprint density at radius 1 is 1.50 bits per heavy atom. The van der Waals surface area contributed by atoms with Crippen molar-refractivity contribution in [3.05, 3.63) is 44.9 Å². The van der Waals surface area contributed by atoms with E-state index in [1.807, 2.05) is 6.07 Å². The fourth-order valence-electron chi connectivity index (χ4n) is 2.24. The maximum absolute atomic E-state index is 5.36. The van der Waals surface area contributed by atoms with Crippen molar-refractivity contribution >= 4 is 28.1 Å². The molecular weight excluding hydrogens is 310 g/mol. The molecule has 0 bridgehead atoms. The molecule has 1 aromatic heterocycles. The van der Waals surface area contributed by atoms with Crippen LogP contribution < -0.4 is 0 Å². The van der Waals surface area contributed by atoms with E-state index < -0.39 is 0 Å². The monoisotopic (exact) mass is 323 g/mol. The van der Waals surface area contributed by atoms with Crippen LogP contribution in [-0.2, 0) is 0 Å². The summed E-state index contributed by atoms with van der Waals surface area (Å²) in [5, 5.41) is 7.31. The molecule has 1 heterocycles. The molecule has 0 amide bonds. The second-order valence-electron chi connectivity index (χ2n) is 4.76. The highest BCUT2D eigenvalue weighted by molar-refractivity contribution is 9.10. The Hall–Kier alpha value is -0.940. The first-order valence-electron chi connectivity index (χ1n) is 6.09. The van der Waals surface area contributed by atoms with Crippen LogP contribution in [0.4, 0.5) is 0 Å². The summed E-state index contributed by atoms with van der Waals surface area (Å²) in [5.74, 6) is 1.69. The van der Waals surface area contributed by atoms with Gasteiger partial charge in [0, 0.05) is 10.4 Å². The molecule has 3 nitrogen and oxygen atoms in total. The molecule has 1 fully saturated rings. The van der Waals surface area contributed by atoms with Gasteiger partial charge in [0.2, 0.25) is 0 Å². The Bertz CT molecular complexity index is 627. The van der Waals surface area contributed by atoms with Crippen molar-refractivity contribution in [3.8, 4) is 0 Å². The highest BCUT2D eigenvalue weighted by Crippen LogP contribution is 2.40. The van der Waals surface area contributed by atoms with Gasteiger partial charge in [-0.2, -0.15) is 5.10 Å². The SMILES string of the molecule is CC(c1cccc(Br)c1)n1c(C2CC2)n[nH]c1=S. The number of nitrogens with zero attached hydrogens (tertiary/aromatic N) is 2. The first-order chi connectivity index (χ1) is 8.66. The Morgan fingerprint density at radius 2 is 2.28 bits per heavy atom. The van der Waals surface area contributed by atoms with Crippen LogP contribution in [0.15, 0.2) is 28.7 Å². The average molecular weight is 324 g/mol. The molecule has 0 saturated heterocycles. The molecule has 5 heteroatoms. The number of halogens is 1. The molecule has 2 aromatic rings. The van der Waals surface area contributed by atoms with Crippen molar-refractivity contribution in [1.29, 1.82) is 0 Å². The topological polar surface area (TPSA) is 33.6 Å².